The fraction of sp³-hybridized carbons (Fsp3) is 0.625. The van der Waals surface area contributed by atoms with Crippen molar-refractivity contribution in [3.63, 3.8) is 0 Å². The van der Waals surface area contributed by atoms with Crippen LogP contribution in [0.3, 0.4) is 0 Å². The first kappa shape index (κ1) is 13.4. The molecule has 0 heterocycles. The molecule has 0 aliphatic heterocycles. The summed E-state index contributed by atoms with van der Waals surface area (Å²) in [6.07, 6.45) is 6.85. The highest BCUT2D eigenvalue weighted by Gasteiger charge is 2.19. The Hall–Kier alpha value is -1.02. The Balaban J connectivity index is 1.93. The van der Waals surface area contributed by atoms with Crippen LogP contribution in [0.4, 0.5) is 0 Å². The van der Waals surface area contributed by atoms with E-state index in [2.05, 4.69) is 24.4 Å². The molecule has 0 spiro atoms. The van der Waals surface area contributed by atoms with Crippen LogP contribution in [0.25, 0.3) is 0 Å². The van der Waals surface area contributed by atoms with Gasteiger partial charge in [0, 0.05) is 18.2 Å². The zero-order valence-electron chi connectivity index (χ0n) is 11.6. The third kappa shape index (κ3) is 3.49. The quantitative estimate of drug-likeness (QED) is 0.818. The lowest BCUT2D eigenvalue weighted by molar-refractivity contribution is 0.350. The van der Waals surface area contributed by atoms with Gasteiger partial charge in [0.25, 0.3) is 0 Å². The van der Waals surface area contributed by atoms with Gasteiger partial charge in [0.1, 0.15) is 5.75 Å². The summed E-state index contributed by atoms with van der Waals surface area (Å²) in [6, 6.07) is 8.95. The van der Waals surface area contributed by atoms with Gasteiger partial charge in [0.15, 0.2) is 0 Å². The van der Waals surface area contributed by atoms with Gasteiger partial charge in [0.05, 0.1) is 7.11 Å². The van der Waals surface area contributed by atoms with Gasteiger partial charge in [-0.25, -0.2) is 0 Å². The van der Waals surface area contributed by atoms with E-state index in [0.29, 0.717) is 6.04 Å². The minimum Gasteiger partial charge on any atom is -0.496 e. The van der Waals surface area contributed by atoms with Crippen molar-refractivity contribution in [1.82, 2.24) is 5.32 Å². The summed E-state index contributed by atoms with van der Waals surface area (Å²) in [7, 11) is 1.74. The summed E-state index contributed by atoms with van der Waals surface area (Å²) in [5.74, 6) is 1.79. The van der Waals surface area contributed by atoms with Crippen molar-refractivity contribution >= 4 is 0 Å². The molecule has 0 saturated heterocycles. The summed E-state index contributed by atoms with van der Waals surface area (Å²) in [6.45, 7) is 3.30. The van der Waals surface area contributed by atoms with Crippen LogP contribution in [-0.4, -0.2) is 13.2 Å². The first-order chi connectivity index (χ1) is 8.81. The van der Waals surface area contributed by atoms with Crippen molar-refractivity contribution in [2.45, 2.75) is 51.6 Å². The zero-order chi connectivity index (χ0) is 12.8. The molecule has 0 amide bonds. The molecule has 1 aliphatic carbocycles. The van der Waals surface area contributed by atoms with Crippen LogP contribution in [0.5, 0.6) is 5.75 Å². The third-order valence-corrected chi connectivity index (χ3v) is 4.11. The fourth-order valence-corrected chi connectivity index (χ4v) is 2.89. The highest BCUT2D eigenvalue weighted by Crippen LogP contribution is 2.24. The Kier molecular flexibility index (Phi) is 5.06. The lowest BCUT2D eigenvalue weighted by atomic mass is 9.97. The molecule has 1 N–H and O–H groups in total. The summed E-state index contributed by atoms with van der Waals surface area (Å²) in [5.41, 5.74) is 1.26. The van der Waals surface area contributed by atoms with Crippen LogP contribution in [-0.2, 0) is 6.54 Å². The molecular weight excluding hydrogens is 222 g/mol. The summed E-state index contributed by atoms with van der Waals surface area (Å²) in [4.78, 5) is 0. The second kappa shape index (κ2) is 6.79. The number of benzene rings is 1. The number of methoxy groups -OCH3 is 1. The molecular formula is C16H25NO. The van der Waals surface area contributed by atoms with E-state index in [4.69, 9.17) is 4.74 Å². The van der Waals surface area contributed by atoms with Gasteiger partial charge in [-0.3, -0.25) is 0 Å². The molecule has 2 heteroatoms. The SMILES string of the molecule is COc1ccccc1CNC1CCCCCC1C. The molecule has 1 aromatic carbocycles. The number of hydrogen-bond donors (Lipinski definition) is 1. The van der Waals surface area contributed by atoms with E-state index < -0.39 is 0 Å². The van der Waals surface area contributed by atoms with Gasteiger partial charge in [-0.05, 0) is 24.8 Å². The molecule has 1 aromatic rings. The van der Waals surface area contributed by atoms with Gasteiger partial charge in [-0.2, -0.15) is 0 Å². The predicted octanol–water partition coefficient (Wildman–Crippen LogP) is 3.75. The van der Waals surface area contributed by atoms with Crippen molar-refractivity contribution in [2.75, 3.05) is 7.11 Å². The minimum absolute atomic E-state index is 0.664. The number of para-hydroxylation sites is 1. The van der Waals surface area contributed by atoms with E-state index in [9.17, 15) is 0 Å². The van der Waals surface area contributed by atoms with Crippen molar-refractivity contribution in [2.24, 2.45) is 5.92 Å². The van der Waals surface area contributed by atoms with Gasteiger partial charge in [0.2, 0.25) is 0 Å². The van der Waals surface area contributed by atoms with E-state index in [1.807, 2.05) is 12.1 Å². The molecule has 18 heavy (non-hydrogen) atoms. The van der Waals surface area contributed by atoms with Crippen molar-refractivity contribution in [3.8, 4) is 5.75 Å². The molecule has 2 rings (SSSR count). The smallest absolute Gasteiger partial charge is 0.123 e. The van der Waals surface area contributed by atoms with Crippen LogP contribution >= 0.6 is 0 Å². The van der Waals surface area contributed by atoms with E-state index in [1.165, 1.54) is 37.7 Å². The van der Waals surface area contributed by atoms with Crippen LogP contribution in [0.2, 0.25) is 0 Å². The summed E-state index contributed by atoms with van der Waals surface area (Å²) in [5, 5.41) is 3.72. The molecule has 100 valence electrons. The molecule has 0 radical (unpaired) electrons. The van der Waals surface area contributed by atoms with E-state index >= 15 is 0 Å². The number of nitrogens with one attached hydrogen (secondary N) is 1. The Labute approximate surface area is 111 Å². The average Bonchev–Trinajstić information content (AvgIpc) is 2.61. The molecule has 1 fully saturated rings. The monoisotopic (exact) mass is 247 g/mol. The lowest BCUT2D eigenvalue weighted by Crippen LogP contribution is -2.33. The van der Waals surface area contributed by atoms with Crippen LogP contribution in [0, 0.1) is 5.92 Å². The maximum atomic E-state index is 5.40. The Morgan fingerprint density at radius 1 is 1.17 bits per heavy atom. The molecule has 1 saturated carbocycles. The average molecular weight is 247 g/mol. The minimum atomic E-state index is 0.664. The Morgan fingerprint density at radius 3 is 2.78 bits per heavy atom. The van der Waals surface area contributed by atoms with Crippen molar-refractivity contribution < 1.29 is 4.74 Å². The maximum Gasteiger partial charge on any atom is 0.123 e. The van der Waals surface area contributed by atoms with Gasteiger partial charge >= 0.3 is 0 Å². The van der Waals surface area contributed by atoms with Crippen LogP contribution < -0.4 is 10.1 Å². The number of rotatable bonds is 4. The highest BCUT2D eigenvalue weighted by atomic mass is 16.5. The lowest BCUT2D eigenvalue weighted by Gasteiger charge is -2.23. The first-order valence-electron chi connectivity index (χ1n) is 7.16. The van der Waals surface area contributed by atoms with E-state index in [0.717, 1.165) is 18.2 Å². The highest BCUT2D eigenvalue weighted by molar-refractivity contribution is 5.33. The fourth-order valence-electron chi connectivity index (χ4n) is 2.89. The number of ether oxygens (including phenoxy) is 1. The van der Waals surface area contributed by atoms with Gasteiger partial charge < -0.3 is 10.1 Å². The van der Waals surface area contributed by atoms with Crippen molar-refractivity contribution in [3.05, 3.63) is 29.8 Å². The summed E-state index contributed by atoms with van der Waals surface area (Å²) < 4.78 is 5.40. The molecule has 1 aliphatic rings. The zero-order valence-corrected chi connectivity index (χ0v) is 11.6. The standard InChI is InChI=1S/C16H25NO/c1-13-8-4-3-5-10-15(13)17-12-14-9-6-7-11-16(14)18-2/h6-7,9,11,13,15,17H,3-5,8,10,12H2,1-2H3. The molecule has 0 aromatic heterocycles. The van der Waals surface area contributed by atoms with Crippen molar-refractivity contribution in [1.29, 1.82) is 0 Å². The van der Waals surface area contributed by atoms with Gasteiger partial charge in [-0.1, -0.05) is 44.4 Å². The predicted molar refractivity (Wildman–Crippen MR) is 75.9 cm³/mol. The molecule has 0 bridgehead atoms. The third-order valence-electron chi connectivity index (χ3n) is 4.11. The topological polar surface area (TPSA) is 21.3 Å². The maximum absolute atomic E-state index is 5.40. The second-order valence-electron chi connectivity index (χ2n) is 5.41. The summed E-state index contributed by atoms with van der Waals surface area (Å²) >= 11 is 0. The van der Waals surface area contributed by atoms with Crippen LogP contribution in [0.15, 0.2) is 24.3 Å². The number of hydrogen-bond acceptors (Lipinski definition) is 2. The molecule has 2 atom stereocenters. The van der Waals surface area contributed by atoms with E-state index in [1.54, 1.807) is 7.11 Å². The second-order valence-corrected chi connectivity index (χ2v) is 5.41. The van der Waals surface area contributed by atoms with E-state index in [-0.39, 0.29) is 0 Å². The van der Waals surface area contributed by atoms with Gasteiger partial charge in [-0.15, -0.1) is 0 Å². The van der Waals surface area contributed by atoms with Crippen LogP contribution in [0.1, 0.15) is 44.6 Å². The molecule has 2 unspecified atom stereocenters. The molecule has 2 nitrogen and oxygen atoms in total. The Bertz CT molecular complexity index is 364. The Morgan fingerprint density at radius 2 is 1.94 bits per heavy atom. The normalized spacial score (nSPS) is 24.6. The first-order valence-corrected chi connectivity index (χ1v) is 7.16. The largest absolute Gasteiger partial charge is 0.496 e.